The predicted octanol–water partition coefficient (Wildman–Crippen LogP) is 1.94. The lowest BCUT2D eigenvalue weighted by atomic mass is 10.2. The summed E-state index contributed by atoms with van der Waals surface area (Å²) in [6, 6.07) is 8.12. The van der Waals surface area contributed by atoms with Gasteiger partial charge >= 0.3 is 10.4 Å². The van der Waals surface area contributed by atoms with Crippen LogP contribution in [0.15, 0.2) is 42.7 Å². The highest BCUT2D eigenvalue weighted by Crippen LogP contribution is 2.29. The molecule has 0 atom stereocenters. The van der Waals surface area contributed by atoms with Gasteiger partial charge in [-0.2, -0.15) is 8.42 Å². The van der Waals surface area contributed by atoms with Gasteiger partial charge in [0.25, 0.3) is 0 Å². The van der Waals surface area contributed by atoms with Crippen LogP contribution in [0.5, 0.6) is 5.75 Å². The number of pyridine rings is 1. The maximum absolute atomic E-state index is 10.9. The fourth-order valence-corrected chi connectivity index (χ4v) is 2.58. The van der Waals surface area contributed by atoms with E-state index in [4.69, 9.17) is 4.55 Å². The van der Waals surface area contributed by atoms with Crippen molar-refractivity contribution in [1.29, 1.82) is 0 Å². The summed E-state index contributed by atoms with van der Waals surface area (Å²) in [7, 11) is -0.971. The van der Waals surface area contributed by atoms with E-state index in [-0.39, 0.29) is 5.75 Å². The van der Waals surface area contributed by atoms with Crippen molar-refractivity contribution in [2.45, 2.75) is 0 Å². The van der Waals surface area contributed by atoms with E-state index in [1.807, 2.05) is 20.2 Å². The molecule has 0 radical (unpaired) electrons. The van der Waals surface area contributed by atoms with Gasteiger partial charge in [0, 0.05) is 37.4 Å². The lowest BCUT2D eigenvalue weighted by molar-refractivity contribution is 0.387. The first kappa shape index (κ1) is 16.1. The van der Waals surface area contributed by atoms with Gasteiger partial charge in [0.2, 0.25) is 0 Å². The second-order valence-electron chi connectivity index (χ2n) is 5.20. The van der Waals surface area contributed by atoms with Gasteiger partial charge in [-0.25, -0.2) is 9.97 Å². The molecule has 9 heteroatoms. The average Bonchev–Trinajstić information content (AvgIpc) is 2.53. The monoisotopic (exact) mass is 346 g/mol. The number of nitrogens with zero attached hydrogens (tertiary/aromatic N) is 4. The number of hydrogen-bond donors (Lipinski definition) is 1. The third-order valence-electron chi connectivity index (χ3n) is 3.19. The maximum atomic E-state index is 10.9. The summed E-state index contributed by atoms with van der Waals surface area (Å²) in [4.78, 5) is 14.8. The van der Waals surface area contributed by atoms with Gasteiger partial charge in [-0.15, -0.1) is 0 Å². The largest absolute Gasteiger partial charge is 0.446 e. The van der Waals surface area contributed by atoms with E-state index in [0.29, 0.717) is 22.5 Å². The Morgan fingerprint density at radius 1 is 1.17 bits per heavy atom. The smallest absolute Gasteiger partial charge is 0.362 e. The van der Waals surface area contributed by atoms with Gasteiger partial charge in [0.05, 0.1) is 5.52 Å². The summed E-state index contributed by atoms with van der Waals surface area (Å²) >= 11 is 0. The van der Waals surface area contributed by atoms with Crippen LogP contribution in [0, 0.1) is 0 Å². The molecular weight excluding hydrogens is 332 g/mol. The van der Waals surface area contributed by atoms with Crippen molar-refractivity contribution in [3.63, 3.8) is 0 Å². The van der Waals surface area contributed by atoms with Gasteiger partial charge in [-0.05, 0) is 30.3 Å². The van der Waals surface area contributed by atoms with Gasteiger partial charge in [0.15, 0.2) is 5.82 Å². The second kappa shape index (κ2) is 6.02. The van der Waals surface area contributed by atoms with E-state index in [9.17, 15) is 8.42 Å². The first-order chi connectivity index (χ1) is 11.3. The van der Waals surface area contributed by atoms with Crippen LogP contribution in [0.3, 0.4) is 0 Å². The molecule has 1 aromatic carbocycles. The van der Waals surface area contributed by atoms with Crippen molar-refractivity contribution >= 4 is 27.1 Å². The van der Waals surface area contributed by atoms with E-state index in [2.05, 4.69) is 19.1 Å². The number of hydrogen-bond acceptors (Lipinski definition) is 7. The molecule has 0 aliphatic heterocycles. The second-order valence-corrected chi connectivity index (χ2v) is 6.22. The molecule has 124 valence electrons. The van der Waals surface area contributed by atoms with Crippen LogP contribution in [-0.4, -0.2) is 42.0 Å². The van der Waals surface area contributed by atoms with Crippen molar-refractivity contribution in [2.24, 2.45) is 0 Å². The third kappa shape index (κ3) is 3.42. The van der Waals surface area contributed by atoms with E-state index in [0.717, 1.165) is 5.56 Å². The van der Waals surface area contributed by atoms with Crippen LogP contribution >= 0.6 is 0 Å². The average molecular weight is 346 g/mol. The van der Waals surface area contributed by atoms with E-state index in [1.54, 1.807) is 29.4 Å². The standard InChI is InChI=1S/C15H14N4O4S/c1-19(2)15-12-8-11(23-24(20,21)22)5-6-13(12)17-14(18-15)10-4-3-7-16-9-10/h3-9H,1-2H3,(H,20,21,22). The van der Waals surface area contributed by atoms with Crippen molar-refractivity contribution in [3.8, 4) is 17.1 Å². The van der Waals surface area contributed by atoms with Crippen molar-refractivity contribution in [2.75, 3.05) is 19.0 Å². The summed E-state index contributed by atoms with van der Waals surface area (Å²) < 4.78 is 35.1. The number of anilines is 1. The summed E-state index contributed by atoms with van der Waals surface area (Å²) in [6.07, 6.45) is 3.33. The number of rotatable bonds is 4. The number of fused-ring (bicyclic) bond motifs is 1. The molecule has 3 aromatic rings. The quantitative estimate of drug-likeness (QED) is 0.715. The minimum atomic E-state index is -4.59. The van der Waals surface area contributed by atoms with E-state index in [1.165, 1.54) is 12.1 Å². The molecule has 0 aliphatic carbocycles. The molecule has 0 saturated carbocycles. The van der Waals surface area contributed by atoms with Crippen LogP contribution in [0.25, 0.3) is 22.3 Å². The van der Waals surface area contributed by atoms with E-state index < -0.39 is 10.4 Å². The Balaban J connectivity index is 2.19. The molecule has 2 aromatic heterocycles. The first-order valence-corrected chi connectivity index (χ1v) is 8.26. The minimum absolute atomic E-state index is 0.0224. The van der Waals surface area contributed by atoms with Crippen molar-refractivity contribution in [3.05, 3.63) is 42.7 Å². The Kier molecular flexibility index (Phi) is 4.04. The topological polar surface area (TPSA) is 106 Å². The lowest BCUT2D eigenvalue weighted by Crippen LogP contribution is -2.13. The SMILES string of the molecule is CN(C)c1nc(-c2cccnc2)nc2ccc(OS(=O)(=O)O)cc12. The summed E-state index contributed by atoms with van der Waals surface area (Å²) in [5.74, 6) is 1.06. The molecule has 0 unspecified atom stereocenters. The van der Waals surface area contributed by atoms with Crippen LogP contribution in [0.2, 0.25) is 0 Å². The normalized spacial score (nSPS) is 11.5. The lowest BCUT2D eigenvalue weighted by Gasteiger charge is -2.16. The van der Waals surface area contributed by atoms with Crippen LogP contribution in [-0.2, 0) is 10.4 Å². The Hall–Kier alpha value is -2.78. The molecule has 1 N–H and O–H groups in total. The van der Waals surface area contributed by atoms with Crippen molar-refractivity contribution in [1.82, 2.24) is 15.0 Å². The molecule has 24 heavy (non-hydrogen) atoms. The Labute approximate surface area is 138 Å². The maximum Gasteiger partial charge on any atom is 0.446 e. The molecule has 0 bridgehead atoms. The van der Waals surface area contributed by atoms with Gasteiger partial charge < -0.3 is 9.08 Å². The van der Waals surface area contributed by atoms with Gasteiger partial charge in [-0.1, -0.05) is 0 Å². The zero-order valence-corrected chi connectivity index (χ0v) is 13.7. The first-order valence-electron chi connectivity index (χ1n) is 6.90. The molecule has 0 saturated heterocycles. The van der Waals surface area contributed by atoms with Gasteiger partial charge in [0.1, 0.15) is 11.6 Å². The molecule has 8 nitrogen and oxygen atoms in total. The highest BCUT2D eigenvalue weighted by Gasteiger charge is 2.14. The Morgan fingerprint density at radius 2 is 1.96 bits per heavy atom. The highest BCUT2D eigenvalue weighted by molar-refractivity contribution is 7.81. The Bertz CT molecular complexity index is 991. The molecule has 0 amide bonds. The van der Waals surface area contributed by atoms with E-state index >= 15 is 0 Å². The van der Waals surface area contributed by atoms with Crippen LogP contribution in [0.1, 0.15) is 0 Å². The summed E-state index contributed by atoms with van der Waals surface area (Å²) in [5, 5.41) is 0.591. The zero-order valence-electron chi connectivity index (χ0n) is 12.9. The molecule has 0 spiro atoms. The molecular formula is C15H14N4O4S. The highest BCUT2D eigenvalue weighted by atomic mass is 32.3. The predicted molar refractivity (Wildman–Crippen MR) is 89.3 cm³/mol. The molecule has 0 fully saturated rings. The molecule has 3 rings (SSSR count). The number of aromatic nitrogens is 3. The fraction of sp³-hybridized carbons (Fsp3) is 0.133. The van der Waals surface area contributed by atoms with Gasteiger partial charge in [-0.3, -0.25) is 9.54 Å². The fourth-order valence-electron chi connectivity index (χ4n) is 2.23. The molecule has 2 heterocycles. The Morgan fingerprint density at radius 3 is 2.58 bits per heavy atom. The van der Waals surface area contributed by atoms with Crippen LogP contribution in [0.4, 0.5) is 5.82 Å². The number of benzene rings is 1. The van der Waals surface area contributed by atoms with Crippen molar-refractivity contribution < 1.29 is 17.2 Å². The van der Waals surface area contributed by atoms with Crippen LogP contribution < -0.4 is 9.08 Å². The third-order valence-corrected chi connectivity index (χ3v) is 3.60. The summed E-state index contributed by atoms with van der Waals surface area (Å²) in [5.41, 5.74) is 1.37. The zero-order chi connectivity index (χ0) is 17.3. The minimum Gasteiger partial charge on any atom is -0.362 e. The summed E-state index contributed by atoms with van der Waals surface area (Å²) in [6.45, 7) is 0. The molecule has 0 aliphatic rings.